The number of piperazine rings is 1. The highest BCUT2D eigenvalue weighted by Crippen LogP contribution is 2.24. The molecule has 0 spiro atoms. The number of aryl methyl sites for hydroxylation is 1. The van der Waals surface area contributed by atoms with Crippen molar-refractivity contribution in [1.82, 2.24) is 25.0 Å². The van der Waals surface area contributed by atoms with Gasteiger partial charge in [0.15, 0.2) is 0 Å². The minimum atomic E-state index is -0.424. The number of carbonyl (C=O) groups excluding carboxylic acids is 3. The van der Waals surface area contributed by atoms with Crippen molar-refractivity contribution >= 4 is 17.8 Å². The molecule has 3 rings (SSSR count). The van der Waals surface area contributed by atoms with Gasteiger partial charge in [-0.15, -0.1) is 0 Å². The van der Waals surface area contributed by atoms with Crippen LogP contribution in [0.1, 0.15) is 65.7 Å². The number of ether oxygens (including phenoxy) is 1. The van der Waals surface area contributed by atoms with Gasteiger partial charge in [0.2, 0.25) is 5.91 Å². The Kier molecular flexibility index (Phi) is 9.13. The Labute approximate surface area is 203 Å². The number of nitrogens with zero attached hydrogens (tertiary/aromatic N) is 3. The summed E-state index contributed by atoms with van der Waals surface area (Å²) in [4.78, 5) is 48.2. The second-order valence-corrected chi connectivity index (χ2v) is 9.74. The first kappa shape index (κ1) is 26.2. The number of likely N-dealkylation sites (N-methyl/N-ethyl adjacent to an activating group) is 1. The Balaban J connectivity index is 1.53. The highest BCUT2D eigenvalue weighted by atomic mass is 16.5. The van der Waals surface area contributed by atoms with Crippen molar-refractivity contribution in [3.05, 3.63) is 22.5 Å². The fourth-order valence-corrected chi connectivity index (χ4v) is 4.89. The van der Waals surface area contributed by atoms with E-state index in [9.17, 15) is 14.4 Å². The predicted molar refractivity (Wildman–Crippen MR) is 131 cm³/mol. The summed E-state index contributed by atoms with van der Waals surface area (Å²) in [5.74, 6) is -0.788. The molecule has 1 atom stereocenters. The van der Waals surface area contributed by atoms with Crippen LogP contribution in [-0.2, 0) is 9.53 Å². The summed E-state index contributed by atoms with van der Waals surface area (Å²) in [5.41, 5.74) is 2.05. The number of piperidine rings is 1. The summed E-state index contributed by atoms with van der Waals surface area (Å²) in [6.45, 7) is 17.1. The number of aromatic nitrogens is 1. The van der Waals surface area contributed by atoms with E-state index in [1.807, 2.05) is 0 Å². The number of esters is 1. The van der Waals surface area contributed by atoms with Gasteiger partial charge in [-0.1, -0.05) is 6.92 Å². The Morgan fingerprint density at radius 3 is 2.41 bits per heavy atom. The van der Waals surface area contributed by atoms with Gasteiger partial charge in [-0.3, -0.25) is 14.5 Å². The molecular weight excluding hydrogens is 434 g/mol. The molecule has 0 aromatic carbocycles. The molecule has 34 heavy (non-hydrogen) atoms. The molecule has 3 heterocycles. The van der Waals surface area contributed by atoms with Gasteiger partial charge < -0.3 is 24.8 Å². The lowest BCUT2D eigenvalue weighted by molar-refractivity contribution is -0.126. The number of carbonyl (C=O) groups is 3. The van der Waals surface area contributed by atoms with Gasteiger partial charge in [0.25, 0.3) is 5.91 Å². The van der Waals surface area contributed by atoms with Crippen molar-refractivity contribution in [2.45, 2.75) is 53.6 Å². The minimum absolute atomic E-state index is 0.0188. The van der Waals surface area contributed by atoms with Crippen molar-refractivity contribution < 1.29 is 19.1 Å². The van der Waals surface area contributed by atoms with Gasteiger partial charge >= 0.3 is 5.97 Å². The third kappa shape index (κ3) is 6.39. The monoisotopic (exact) mass is 475 g/mol. The maximum atomic E-state index is 13.3. The number of rotatable bonds is 8. The third-order valence-corrected chi connectivity index (χ3v) is 6.92. The van der Waals surface area contributed by atoms with Gasteiger partial charge in [-0.2, -0.15) is 0 Å². The van der Waals surface area contributed by atoms with E-state index in [1.165, 1.54) is 0 Å². The number of likely N-dealkylation sites (tertiary alicyclic amines) is 1. The molecule has 9 nitrogen and oxygen atoms in total. The van der Waals surface area contributed by atoms with Crippen LogP contribution in [0.5, 0.6) is 0 Å². The average molecular weight is 476 g/mol. The molecule has 1 aromatic heterocycles. The van der Waals surface area contributed by atoms with Gasteiger partial charge in [-0.05, 0) is 52.6 Å². The summed E-state index contributed by atoms with van der Waals surface area (Å²) in [6.07, 6.45) is 1.33. The van der Waals surface area contributed by atoms with Gasteiger partial charge in [0.1, 0.15) is 5.69 Å². The lowest BCUT2D eigenvalue weighted by Gasteiger charge is -2.34. The first-order chi connectivity index (χ1) is 16.2. The van der Waals surface area contributed by atoms with Crippen molar-refractivity contribution in [2.75, 3.05) is 58.9 Å². The second-order valence-electron chi connectivity index (χ2n) is 9.74. The molecule has 2 saturated heterocycles. The largest absolute Gasteiger partial charge is 0.459 e. The molecule has 0 aliphatic carbocycles. The summed E-state index contributed by atoms with van der Waals surface area (Å²) >= 11 is 0. The molecule has 2 amide bonds. The SMILES string of the molecule is CCN1CCN(CCNC(=O)[C@@H]2CCCN(C(=O)c3[nH]c(C)c(C(=O)OC(C)C)c3C)C2)CC1. The summed E-state index contributed by atoms with van der Waals surface area (Å²) in [6, 6.07) is 0. The molecule has 0 bridgehead atoms. The first-order valence-electron chi connectivity index (χ1n) is 12.6. The number of hydrogen-bond donors (Lipinski definition) is 2. The number of nitrogens with one attached hydrogen (secondary N) is 2. The van der Waals surface area contributed by atoms with E-state index in [2.05, 4.69) is 27.0 Å². The van der Waals surface area contributed by atoms with Crippen molar-refractivity contribution in [3.8, 4) is 0 Å². The summed E-state index contributed by atoms with van der Waals surface area (Å²) in [7, 11) is 0. The van der Waals surface area contributed by atoms with E-state index in [1.54, 1.807) is 32.6 Å². The molecule has 9 heteroatoms. The van der Waals surface area contributed by atoms with E-state index in [-0.39, 0.29) is 23.8 Å². The Morgan fingerprint density at radius 1 is 1.09 bits per heavy atom. The van der Waals surface area contributed by atoms with Crippen LogP contribution >= 0.6 is 0 Å². The smallest absolute Gasteiger partial charge is 0.340 e. The van der Waals surface area contributed by atoms with E-state index >= 15 is 0 Å². The summed E-state index contributed by atoms with van der Waals surface area (Å²) < 4.78 is 5.33. The van der Waals surface area contributed by atoms with Crippen LogP contribution in [0, 0.1) is 19.8 Å². The Hall–Kier alpha value is -2.39. The maximum Gasteiger partial charge on any atom is 0.340 e. The van der Waals surface area contributed by atoms with Crippen LogP contribution < -0.4 is 5.32 Å². The lowest BCUT2D eigenvalue weighted by atomic mass is 9.96. The van der Waals surface area contributed by atoms with Crippen LogP contribution in [-0.4, -0.2) is 102 Å². The molecule has 0 saturated carbocycles. The molecule has 190 valence electrons. The normalized spacial score (nSPS) is 19.9. The lowest BCUT2D eigenvalue weighted by Crippen LogP contribution is -2.49. The van der Waals surface area contributed by atoms with E-state index < -0.39 is 5.97 Å². The zero-order chi connectivity index (χ0) is 24.8. The summed E-state index contributed by atoms with van der Waals surface area (Å²) in [5, 5.41) is 3.08. The van der Waals surface area contributed by atoms with Crippen LogP contribution in [0.25, 0.3) is 0 Å². The molecule has 2 N–H and O–H groups in total. The van der Waals surface area contributed by atoms with Crippen molar-refractivity contribution in [2.24, 2.45) is 5.92 Å². The van der Waals surface area contributed by atoms with Gasteiger partial charge in [-0.25, -0.2) is 4.79 Å². The van der Waals surface area contributed by atoms with Gasteiger partial charge in [0.05, 0.1) is 17.6 Å². The van der Waals surface area contributed by atoms with E-state index in [0.29, 0.717) is 42.1 Å². The topological polar surface area (TPSA) is 98.0 Å². The fourth-order valence-electron chi connectivity index (χ4n) is 4.89. The molecule has 2 fully saturated rings. The molecule has 1 aromatic rings. The zero-order valence-electron chi connectivity index (χ0n) is 21.4. The Bertz CT molecular complexity index is 873. The van der Waals surface area contributed by atoms with E-state index in [4.69, 9.17) is 4.74 Å². The van der Waals surface area contributed by atoms with Crippen LogP contribution in [0.4, 0.5) is 0 Å². The second kappa shape index (κ2) is 11.8. The molecule has 0 unspecified atom stereocenters. The maximum absolute atomic E-state index is 13.3. The fraction of sp³-hybridized carbons (Fsp3) is 0.720. The first-order valence-corrected chi connectivity index (χ1v) is 12.6. The number of hydrogen-bond acceptors (Lipinski definition) is 6. The van der Waals surface area contributed by atoms with Crippen molar-refractivity contribution in [3.63, 3.8) is 0 Å². The number of aromatic amines is 1. The predicted octanol–water partition coefficient (Wildman–Crippen LogP) is 1.80. The molecule has 2 aliphatic heterocycles. The quantitative estimate of drug-likeness (QED) is 0.557. The Morgan fingerprint density at radius 2 is 1.76 bits per heavy atom. The highest BCUT2D eigenvalue weighted by Gasteiger charge is 2.32. The van der Waals surface area contributed by atoms with Gasteiger partial charge in [0, 0.05) is 58.1 Å². The van der Waals surface area contributed by atoms with Crippen molar-refractivity contribution in [1.29, 1.82) is 0 Å². The zero-order valence-corrected chi connectivity index (χ0v) is 21.4. The number of H-pyrrole nitrogens is 1. The van der Waals surface area contributed by atoms with Crippen LogP contribution in [0.3, 0.4) is 0 Å². The van der Waals surface area contributed by atoms with Crippen LogP contribution in [0.15, 0.2) is 0 Å². The molecular formula is C25H41N5O4. The molecule has 0 radical (unpaired) electrons. The average Bonchev–Trinajstić information content (AvgIpc) is 3.12. The molecule has 2 aliphatic rings. The van der Waals surface area contributed by atoms with E-state index in [0.717, 1.165) is 52.1 Å². The standard InChI is InChI=1S/C25H41N5O4/c1-6-28-12-14-29(15-13-28)11-9-26-23(31)20-8-7-10-30(16-20)24(32)22-18(4)21(19(5)27-22)25(33)34-17(2)3/h17,20,27H,6-16H2,1-5H3,(H,26,31)/t20-/m1/s1. The van der Waals surface area contributed by atoms with Crippen LogP contribution in [0.2, 0.25) is 0 Å². The number of amides is 2. The minimum Gasteiger partial charge on any atom is -0.459 e. The third-order valence-electron chi connectivity index (χ3n) is 6.92. The highest BCUT2D eigenvalue weighted by molar-refractivity contribution is 6.00.